The highest BCUT2D eigenvalue weighted by Crippen LogP contribution is 2.34. The van der Waals surface area contributed by atoms with E-state index in [0.29, 0.717) is 25.9 Å². The SMILES string of the molecule is CCCCCCCCCCCCCCCCCC(=O)N1CCN=C1C(C)(CC=O)CCCCCCCCCCCC. The van der Waals surface area contributed by atoms with Crippen LogP contribution in [0.15, 0.2) is 4.99 Å². The average molecular weight is 575 g/mol. The molecule has 1 amide bonds. The van der Waals surface area contributed by atoms with Crippen molar-refractivity contribution in [1.82, 2.24) is 4.90 Å². The summed E-state index contributed by atoms with van der Waals surface area (Å²) in [6.07, 6.45) is 36.2. The molecule has 0 aromatic rings. The van der Waals surface area contributed by atoms with E-state index < -0.39 is 0 Å². The molecule has 41 heavy (non-hydrogen) atoms. The molecule has 0 bridgehead atoms. The summed E-state index contributed by atoms with van der Waals surface area (Å²) < 4.78 is 0. The summed E-state index contributed by atoms with van der Waals surface area (Å²) >= 11 is 0. The van der Waals surface area contributed by atoms with Crippen molar-refractivity contribution < 1.29 is 9.59 Å². The Bertz CT molecular complexity index is 661. The molecular formula is C37H70N2O2. The van der Waals surface area contributed by atoms with Gasteiger partial charge in [-0.05, 0) is 12.8 Å². The van der Waals surface area contributed by atoms with Gasteiger partial charge in [-0.1, -0.05) is 175 Å². The predicted molar refractivity (Wildman–Crippen MR) is 179 cm³/mol. The topological polar surface area (TPSA) is 49.7 Å². The highest BCUT2D eigenvalue weighted by Gasteiger charge is 2.38. The number of carbonyl (C=O) groups excluding carboxylic acids is 2. The van der Waals surface area contributed by atoms with Crippen molar-refractivity contribution in [2.45, 2.75) is 201 Å². The Morgan fingerprint density at radius 3 is 1.46 bits per heavy atom. The zero-order valence-corrected chi connectivity index (χ0v) is 28.0. The maximum Gasteiger partial charge on any atom is 0.227 e. The van der Waals surface area contributed by atoms with Gasteiger partial charge in [-0.3, -0.25) is 14.7 Å². The second-order valence-corrected chi connectivity index (χ2v) is 13.3. The third-order valence-electron chi connectivity index (χ3n) is 9.29. The number of carbonyl (C=O) groups is 2. The molecule has 4 heteroatoms. The van der Waals surface area contributed by atoms with Crippen molar-refractivity contribution in [3.63, 3.8) is 0 Å². The molecule has 0 saturated heterocycles. The number of hydrogen-bond donors (Lipinski definition) is 0. The molecule has 1 heterocycles. The number of aliphatic imine (C=N–C) groups is 1. The van der Waals surface area contributed by atoms with Crippen LogP contribution in [0, 0.1) is 5.41 Å². The second kappa shape index (κ2) is 26.4. The molecule has 0 aliphatic carbocycles. The number of aldehydes is 1. The Morgan fingerprint density at radius 1 is 0.659 bits per heavy atom. The Balaban J connectivity index is 2.17. The summed E-state index contributed by atoms with van der Waals surface area (Å²) in [5.41, 5.74) is -0.302. The summed E-state index contributed by atoms with van der Waals surface area (Å²) in [5.74, 6) is 1.11. The van der Waals surface area contributed by atoms with Gasteiger partial charge in [0, 0.05) is 24.8 Å². The fourth-order valence-corrected chi connectivity index (χ4v) is 6.48. The van der Waals surface area contributed by atoms with Crippen molar-refractivity contribution in [3.8, 4) is 0 Å². The van der Waals surface area contributed by atoms with Crippen molar-refractivity contribution in [3.05, 3.63) is 0 Å². The van der Waals surface area contributed by atoms with Crippen molar-refractivity contribution in [1.29, 1.82) is 0 Å². The van der Waals surface area contributed by atoms with E-state index in [0.717, 1.165) is 37.8 Å². The molecule has 0 radical (unpaired) electrons. The lowest BCUT2D eigenvalue weighted by molar-refractivity contribution is -0.127. The maximum absolute atomic E-state index is 13.1. The van der Waals surface area contributed by atoms with E-state index in [-0.39, 0.29) is 11.3 Å². The highest BCUT2D eigenvalue weighted by molar-refractivity contribution is 6.02. The van der Waals surface area contributed by atoms with E-state index in [1.807, 2.05) is 4.90 Å². The van der Waals surface area contributed by atoms with Crippen LogP contribution < -0.4 is 0 Å². The Labute approximate surface area is 256 Å². The number of nitrogens with zero attached hydrogens (tertiary/aromatic N) is 2. The lowest BCUT2D eigenvalue weighted by Gasteiger charge is -2.33. The van der Waals surface area contributed by atoms with Crippen LogP contribution >= 0.6 is 0 Å². The van der Waals surface area contributed by atoms with E-state index in [9.17, 15) is 9.59 Å². The largest absolute Gasteiger partial charge is 0.303 e. The van der Waals surface area contributed by atoms with E-state index in [1.165, 1.54) is 141 Å². The number of rotatable bonds is 30. The minimum Gasteiger partial charge on any atom is -0.303 e. The van der Waals surface area contributed by atoms with Crippen LogP contribution in [0.25, 0.3) is 0 Å². The van der Waals surface area contributed by atoms with Gasteiger partial charge in [-0.25, -0.2) is 0 Å². The summed E-state index contributed by atoms with van der Waals surface area (Å²) in [6, 6.07) is 0. The van der Waals surface area contributed by atoms with Gasteiger partial charge in [0.1, 0.15) is 12.1 Å². The highest BCUT2D eigenvalue weighted by atomic mass is 16.2. The first kappa shape index (κ1) is 37.8. The molecule has 1 aliphatic heterocycles. The third-order valence-corrected chi connectivity index (χ3v) is 9.29. The van der Waals surface area contributed by atoms with E-state index in [1.54, 1.807) is 0 Å². The average Bonchev–Trinajstić information content (AvgIpc) is 3.47. The van der Waals surface area contributed by atoms with Gasteiger partial charge in [0.15, 0.2) is 0 Å². The van der Waals surface area contributed by atoms with Gasteiger partial charge in [-0.2, -0.15) is 0 Å². The van der Waals surface area contributed by atoms with E-state index >= 15 is 0 Å². The maximum atomic E-state index is 13.1. The number of amidine groups is 1. The van der Waals surface area contributed by atoms with Gasteiger partial charge in [0.05, 0.1) is 6.54 Å². The van der Waals surface area contributed by atoms with Crippen LogP contribution in [0.2, 0.25) is 0 Å². The molecule has 1 unspecified atom stereocenters. The summed E-state index contributed by atoms with van der Waals surface area (Å²) in [4.78, 5) is 31.5. The molecule has 4 nitrogen and oxygen atoms in total. The van der Waals surface area contributed by atoms with E-state index in [2.05, 4.69) is 20.8 Å². The van der Waals surface area contributed by atoms with Gasteiger partial charge in [0.25, 0.3) is 0 Å². The van der Waals surface area contributed by atoms with Crippen molar-refractivity contribution in [2.75, 3.05) is 13.1 Å². The lowest BCUT2D eigenvalue weighted by atomic mass is 9.80. The van der Waals surface area contributed by atoms with Crippen LogP contribution in [0.5, 0.6) is 0 Å². The van der Waals surface area contributed by atoms with Crippen LogP contribution in [-0.4, -0.2) is 36.0 Å². The number of amides is 1. The number of unbranched alkanes of at least 4 members (excludes halogenated alkanes) is 23. The van der Waals surface area contributed by atoms with Crippen molar-refractivity contribution in [2.24, 2.45) is 10.4 Å². The van der Waals surface area contributed by atoms with Crippen LogP contribution in [-0.2, 0) is 9.59 Å². The monoisotopic (exact) mass is 575 g/mol. The fraction of sp³-hybridized carbons (Fsp3) is 0.919. The number of hydrogen-bond acceptors (Lipinski definition) is 3. The van der Waals surface area contributed by atoms with Crippen molar-refractivity contribution >= 4 is 18.0 Å². The molecule has 0 saturated carbocycles. The van der Waals surface area contributed by atoms with Crippen LogP contribution in [0.4, 0.5) is 0 Å². The molecule has 1 rings (SSSR count). The molecule has 0 aromatic carbocycles. The first-order chi connectivity index (χ1) is 20.1. The van der Waals surface area contributed by atoms with Crippen LogP contribution in [0.1, 0.15) is 201 Å². The first-order valence-corrected chi connectivity index (χ1v) is 18.4. The molecule has 0 aromatic heterocycles. The predicted octanol–water partition coefficient (Wildman–Crippen LogP) is 11.4. The third kappa shape index (κ3) is 18.9. The molecule has 0 N–H and O–H groups in total. The van der Waals surface area contributed by atoms with Gasteiger partial charge < -0.3 is 4.79 Å². The van der Waals surface area contributed by atoms with Crippen LogP contribution in [0.3, 0.4) is 0 Å². The molecule has 1 aliphatic rings. The summed E-state index contributed by atoms with van der Waals surface area (Å²) in [6.45, 7) is 8.09. The molecule has 0 fully saturated rings. The Morgan fingerprint density at radius 2 is 1.05 bits per heavy atom. The summed E-state index contributed by atoms with van der Waals surface area (Å²) in [7, 11) is 0. The Hall–Kier alpha value is -1.19. The minimum absolute atomic E-state index is 0.219. The molecular weight excluding hydrogens is 504 g/mol. The van der Waals surface area contributed by atoms with Gasteiger partial charge in [-0.15, -0.1) is 0 Å². The lowest BCUT2D eigenvalue weighted by Crippen LogP contribution is -2.43. The Kier molecular flexibility index (Phi) is 24.4. The zero-order chi connectivity index (χ0) is 29.9. The second-order valence-electron chi connectivity index (χ2n) is 13.3. The summed E-state index contributed by atoms with van der Waals surface area (Å²) in [5, 5.41) is 0. The van der Waals surface area contributed by atoms with E-state index in [4.69, 9.17) is 4.99 Å². The smallest absolute Gasteiger partial charge is 0.227 e. The quantitative estimate of drug-likeness (QED) is 0.0632. The standard InChI is InChI=1S/C37H70N2O2/c1-4-6-8-10-12-14-16-17-18-19-20-21-23-25-27-29-35(41)39-33-32-38-36(39)37(3,31-34-40)30-28-26-24-22-15-13-11-9-7-5-2/h34H,4-33H2,1-3H3. The fourth-order valence-electron chi connectivity index (χ4n) is 6.48. The zero-order valence-electron chi connectivity index (χ0n) is 28.0. The first-order valence-electron chi connectivity index (χ1n) is 18.4. The minimum atomic E-state index is -0.302. The van der Waals surface area contributed by atoms with Gasteiger partial charge >= 0.3 is 0 Å². The molecule has 240 valence electrons. The molecule has 0 spiro atoms. The normalized spacial score (nSPS) is 14.8. The molecule has 1 atom stereocenters. The van der Waals surface area contributed by atoms with Gasteiger partial charge in [0.2, 0.25) is 5.91 Å².